The van der Waals surface area contributed by atoms with Crippen molar-refractivity contribution in [3.05, 3.63) is 63.2 Å². The lowest BCUT2D eigenvalue weighted by Gasteiger charge is -2.03. The van der Waals surface area contributed by atoms with Gasteiger partial charge < -0.3 is 0 Å². The van der Waals surface area contributed by atoms with E-state index >= 15 is 0 Å². The summed E-state index contributed by atoms with van der Waals surface area (Å²) in [4.78, 5) is 24.4. The van der Waals surface area contributed by atoms with Crippen molar-refractivity contribution in [1.82, 2.24) is 24.5 Å². The fourth-order valence-corrected chi connectivity index (χ4v) is 1.73. The Kier molecular flexibility index (Phi) is 3.06. The lowest BCUT2D eigenvalue weighted by molar-refractivity contribution is -0.385. The van der Waals surface area contributed by atoms with Crippen LogP contribution in [0.15, 0.2) is 43.0 Å². The minimum Gasteiger partial charge on any atom is -0.258 e. The van der Waals surface area contributed by atoms with Crippen LogP contribution in [0.2, 0.25) is 0 Å². The van der Waals surface area contributed by atoms with E-state index < -0.39 is 9.85 Å². The number of hydrogen-bond acceptors (Lipinski definition) is 7. The zero-order valence-corrected chi connectivity index (χ0v) is 10.8. The van der Waals surface area contributed by atoms with Crippen molar-refractivity contribution in [1.29, 1.82) is 0 Å². The van der Waals surface area contributed by atoms with Gasteiger partial charge in [0.15, 0.2) is 11.6 Å². The molecule has 0 aliphatic carbocycles. The van der Waals surface area contributed by atoms with Crippen molar-refractivity contribution in [3.63, 3.8) is 0 Å². The summed E-state index contributed by atoms with van der Waals surface area (Å²) in [5.74, 6) is 0.646. The molecule has 3 heterocycles. The van der Waals surface area contributed by atoms with Gasteiger partial charge in [-0.05, 0) is 12.1 Å². The smallest absolute Gasteiger partial charge is 0.258 e. The first kappa shape index (κ1) is 13.4. The molecule has 0 fully saturated rings. The van der Waals surface area contributed by atoms with E-state index in [4.69, 9.17) is 0 Å². The van der Waals surface area contributed by atoms with Gasteiger partial charge in [-0.1, -0.05) is 6.07 Å². The molecule has 0 saturated heterocycles. The molecule has 3 rings (SSSR count). The molecule has 3 aromatic heterocycles. The maximum atomic E-state index is 10.7. The topological polar surface area (TPSA) is 135 Å². The van der Waals surface area contributed by atoms with Gasteiger partial charge in [0.25, 0.3) is 0 Å². The molecule has 110 valence electrons. The van der Waals surface area contributed by atoms with Crippen LogP contribution in [0, 0.1) is 20.2 Å². The first-order chi connectivity index (χ1) is 10.5. The van der Waals surface area contributed by atoms with Crippen LogP contribution in [-0.2, 0) is 0 Å². The van der Waals surface area contributed by atoms with Gasteiger partial charge >= 0.3 is 11.4 Å². The highest BCUT2D eigenvalue weighted by molar-refractivity contribution is 5.35. The fourth-order valence-electron chi connectivity index (χ4n) is 1.73. The molecule has 0 bridgehead atoms. The van der Waals surface area contributed by atoms with Gasteiger partial charge in [-0.15, -0.1) is 0 Å². The second kappa shape index (κ2) is 5.05. The van der Waals surface area contributed by atoms with Crippen LogP contribution in [0.1, 0.15) is 0 Å². The first-order valence-corrected chi connectivity index (χ1v) is 5.90. The third-order valence-electron chi connectivity index (χ3n) is 2.75. The van der Waals surface area contributed by atoms with Crippen molar-refractivity contribution in [3.8, 4) is 11.6 Å². The predicted molar refractivity (Wildman–Crippen MR) is 71.8 cm³/mol. The van der Waals surface area contributed by atoms with E-state index in [-0.39, 0.29) is 11.4 Å². The number of hydrogen-bond donors (Lipinski definition) is 0. The summed E-state index contributed by atoms with van der Waals surface area (Å²) in [6.45, 7) is 0. The highest BCUT2D eigenvalue weighted by atomic mass is 16.6. The van der Waals surface area contributed by atoms with Crippen molar-refractivity contribution in [2.45, 2.75) is 0 Å². The second-order valence-electron chi connectivity index (χ2n) is 4.15. The molecule has 11 heteroatoms. The summed E-state index contributed by atoms with van der Waals surface area (Å²) >= 11 is 0. The van der Waals surface area contributed by atoms with Gasteiger partial charge in [0.1, 0.15) is 24.8 Å². The third-order valence-corrected chi connectivity index (χ3v) is 2.75. The Bertz CT molecular complexity index is 801. The normalized spacial score (nSPS) is 10.5. The first-order valence-electron chi connectivity index (χ1n) is 5.90. The lowest BCUT2D eigenvalue weighted by Crippen LogP contribution is -2.03. The monoisotopic (exact) mass is 301 g/mol. The van der Waals surface area contributed by atoms with Crippen LogP contribution in [-0.4, -0.2) is 34.4 Å². The lowest BCUT2D eigenvalue weighted by atomic mass is 10.4. The number of aromatic nitrogens is 5. The van der Waals surface area contributed by atoms with Crippen molar-refractivity contribution < 1.29 is 9.85 Å². The van der Waals surface area contributed by atoms with Gasteiger partial charge in [0.05, 0.1) is 9.85 Å². The van der Waals surface area contributed by atoms with Gasteiger partial charge in [-0.2, -0.15) is 10.2 Å². The summed E-state index contributed by atoms with van der Waals surface area (Å²) in [7, 11) is 0. The maximum absolute atomic E-state index is 10.7. The van der Waals surface area contributed by atoms with E-state index in [1.807, 2.05) is 0 Å². The molecule has 0 aromatic carbocycles. The molecule has 0 unspecified atom stereocenters. The summed E-state index contributed by atoms with van der Waals surface area (Å²) in [6.07, 6.45) is 4.65. The zero-order chi connectivity index (χ0) is 15.7. The number of nitrogens with zero attached hydrogens (tertiary/aromatic N) is 7. The summed E-state index contributed by atoms with van der Waals surface area (Å²) in [5, 5.41) is 29.0. The van der Waals surface area contributed by atoms with Crippen molar-refractivity contribution >= 4 is 11.4 Å². The molecule has 11 nitrogen and oxygen atoms in total. The Morgan fingerprint density at radius 2 is 1.32 bits per heavy atom. The average molecular weight is 301 g/mol. The van der Waals surface area contributed by atoms with Crippen molar-refractivity contribution in [2.24, 2.45) is 0 Å². The van der Waals surface area contributed by atoms with Gasteiger partial charge in [-0.25, -0.2) is 14.3 Å². The average Bonchev–Trinajstić information content (AvgIpc) is 3.17. The van der Waals surface area contributed by atoms with Crippen LogP contribution >= 0.6 is 0 Å². The number of rotatable bonds is 4. The van der Waals surface area contributed by atoms with E-state index in [2.05, 4.69) is 15.2 Å². The quantitative estimate of drug-likeness (QED) is 0.522. The Labute approximate surface area is 121 Å². The minimum absolute atomic E-state index is 0.165. The molecule has 3 aromatic rings. The molecule has 0 aliphatic heterocycles. The van der Waals surface area contributed by atoms with Crippen LogP contribution in [0.5, 0.6) is 0 Å². The molecular formula is C11H7N7O4. The molecule has 0 aliphatic rings. The van der Waals surface area contributed by atoms with Crippen LogP contribution in [0.4, 0.5) is 11.4 Å². The third kappa shape index (κ3) is 2.37. The fraction of sp³-hybridized carbons (Fsp3) is 0. The summed E-state index contributed by atoms with van der Waals surface area (Å²) < 4.78 is 2.47. The van der Waals surface area contributed by atoms with E-state index in [9.17, 15) is 20.2 Å². The minimum atomic E-state index is -0.565. The highest BCUT2D eigenvalue weighted by Gasteiger charge is 2.13. The second-order valence-corrected chi connectivity index (χ2v) is 4.15. The molecule has 0 radical (unpaired) electrons. The zero-order valence-electron chi connectivity index (χ0n) is 10.8. The molecular weight excluding hydrogens is 294 g/mol. The SMILES string of the molecule is O=[N+]([O-])c1cnn(-c2cccc(-n3cc([N+](=O)[O-])cn3)n2)c1. The van der Waals surface area contributed by atoms with E-state index in [1.165, 1.54) is 21.8 Å². The largest absolute Gasteiger partial charge is 0.307 e. The van der Waals surface area contributed by atoms with Crippen LogP contribution in [0.3, 0.4) is 0 Å². The number of pyridine rings is 1. The van der Waals surface area contributed by atoms with Crippen LogP contribution in [0.25, 0.3) is 11.6 Å². The Morgan fingerprint density at radius 1 is 0.864 bits per heavy atom. The number of nitro groups is 2. The van der Waals surface area contributed by atoms with Crippen molar-refractivity contribution in [2.75, 3.05) is 0 Å². The Morgan fingerprint density at radius 3 is 1.68 bits per heavy atom. The molecule has 0 atom stereocenters. The molecule has 22 heavy (non-hydrogen) atoms. The maximum Gasteiger partial charge on any atom is 0.307 e. The highest BCUT2D eigenvalue weighted by Crippen LogP contribution is 2.15. The van der Waals surface area contributed by atoms with E-state index in [1.54, 1.807) is 18.2 Å². The Hall–Kier alpha value is -3.63. The van der Waals surface area contributed by atoms with E-state index in [0.717, 1.165) is 12.4 Å². The van der Waals surface area contributed by atoms with Gasteiger partial charge in [0.2, 0.25) is 0 Å². The predicted octanol–water partition coefficient (Wildman–Crippen LogP) is 1.27. The summed E-state index contributed by atoms with van der Waals surface area (Å²) in [5.41, 5.74) is -0.330. The Balaban J connectivity index is 1.97. The molecule has 0 saturated carbocycles. The molecule has 0 N–H and O–H groups in total. The van der Waals surface area contributed by atoms with Gasteiger partial charge in [-0.3, -0.25) is 20.2 Å². The molecule has 0 spiro atoms. The standard InChI is InChI=1S/C11H7N7O4/c19-17(20)8-4-12-15(6-8)10-2-1-3-11(14-10)16-7-9(5-13-16)18(21)22/h1-7H. The van der Waals surface area contributed by atoms with Gasteiger partial charge in [0, 0.05) is 0 Å². The van der Waals surface area contributed by atoms with E-state index in [0.29, 0.717) is 11.6 Å². The van der Waals surface area contributed by atoms with Crippen LogP contribution < -0.4 is 0 Å². The summed E-state index contributed by atoms with van der Waals surface area (Å²) in [6, 6.07) is 4.83. The molecule has 0 amide bonds.